The van der Waals surface area contributed by atoms with Gasteiger partial charge in [-0.05, 0) is 67.4 Å². The fourth-order valence-electron chi connectivity index (χ4n) is 2.58. The zero-order valence-corrected chi connectivity index (χ0v) is 13.9. The molecule has 1 aliphatic heterocycles. The Hall–Kier alpha value is -1.16. The molecule has 0 spiro atoms. The summed E-state index contributed by atoms with van der Waals surface area (Å²) in [5.41, 5.74) is 2.92. The molecule has 2 rings (SSSR count). The summed E-state index contributed by atoms with van der Waals surface area (Å²) in [6.45, 7) is 5.92. The molecule has 1 saturated heterocycles. The van der Waals surface area contributed by atoms with Gasteiger partial charge in [0.05, 0.1) is 0 Å². The maximum Gasteiger partial charge on any atom is 0.251 e. The molecule has 0 aliphatic carbocycles. The summed E-state index contributed by atoms with van der Waals surface area (Å²) in [4.78, 5) is 12.3. The van der Waals surface area contributed by atoms with Crippen LogP contribution in [0.1, 0.15) is 42.1 Å². The van der Waals surface area contributed by atoms with Gasteiger partial charge >= 0.3 is 0 Å². The Kier molecular flexibility index (Phi) is 6.43. The number of amides is 1. The van der Waals surface area contributed by atoms with E-state index in [2.05, 4.69) is 23.6 Å². The van der Waals surface area contributed by atoms with Crippen molar-refractivity contribution in [3.05, 3.63) is 29.3 Å². The molecule has 0 saturated carbocycles. The largest absolute Gasteiger partial charge is 0.385 e. The zero-order valence-electron chi connectivity index (χ0n) is 13.1. The number of hydrogen-bond donors (Lipinski definition) is 2. The Labute approximate surface area is 132 Å². The molecule has 3 nitrogen and oxygen atoms in total. The summed E-state index contributed by atoms with van der Waals surface area (Å²) in [6, 6.07) is 5.98. The molecule has 21 heavy (non-hydrogen) atoms. The first-order valence-electron chi connectivity index (χ1n) is 7.91. The van der Waals surface area contributed by atoms with Crippen LogP contribution >= 0.6 is 11.8 Å². The molecule has 0 radical (unpaired) electrons. The van der Waals surface area contributed by atoms with Crippen LogP contribution in [0.5, 0.6) is 0 Å². The number of rotatable bonds is 6. The van der Waals surface area contributed by atoms with E-state index >= 15 is 0 Å². The molecule has 1 fully saturated rings. The van der Waals surface area contributed by atoms with Crippen molar-refractivity contribution >= 4 is 23.4 Å². The molecule has 116 valence electrons. The van der Waals surface area contributed by atoms with Crippen LogP contribution in [0.2, 0.25) is 0 Å². The zero-order chi connectivity index (χ0) is 15.1. The number of carbonyl (C=O) groups is 1. The Morgan fingerprint density at radius 2 is 2.10 bits per heavy atom. The lowest BCUT2D eigenvalue weighted by molar-refractivity contribution is 0.0946. The second kappa shape index (κ2) is 8.32. The van der Waals surface area contributed by atoms with E-state index in [1.807, 2.05) is 30.8 Å². The Bertz CT molecular complexity index is 470. The summed E-state index contributed by atoms with van der Waals surface area (Å²) in [6.07, 6.45) is 3.55. The molecule has 1 aromatic carbocycles. The third-order valence-electron chi connectivity index (χ3n) is 3.94. The first-order valence-corrected chi connectivity index (χ1v) is 9.06. The number of thioether (sulfide) groups is 1. The van der Waals surface area contributed by atoms with Crippen LogP contribution < -0.4 is 10.6 Å². The summed E-state index contributed by atoms with van der Waals surface area (Å²) in [7, 11) is 0. The molecule has 0 bridgehead atoms. The number of carbonyl (C=O) groups excluding carboxylic acids is 1. The van der Waals surface area contributed by atoms with Gasteiger partial charge < -0.3 is 10.6 Å². The monoisotopic (exact) mass is 306 g/mol. The van der Waals surface area contributed by atoms with E-state index in [-0.39, 0.29) is 5.91 Å². The molecule has 4 heteroatoms. The molecule has 0 unspecified atom stereocenters. The first-order chi connectivity index (χ1) is 10.2. The van der Waals surface area contributed by atoms with Crippen LogP contribution in [0, 0.1) is 12.8 Å². The van der Waals surface area contributed by atoms with Crippen molar-refractivity contribution in [3.63, 3.8) is 0 Å². The van der Waals surface area contributed by atoms with E-state index < -0.39 is 0 Å². The average Bonchev–Trinajstić information content (AvgIpc) is 2.51. The van der Waals surface area contributed by atoms with Crippen LogP contribution in [-0.4, -0.2) is 30.5 Å². The average molecular weight is 306 g/mol. The minimum absolute atomic E-state index is 0.0627. The number of nitrogens with one attached hydrogen (secondary N) is 2. The molecular weight excluding hydrogens is 280 g/mol. The van der Waals surface area contributed by atoms with Crippen molar-refractivity contribution in [2.24, 2.45) is 5.92 Å². The molecule has 1 aliphatic rings. The predicted molar refractivity (Wildman–Crippen MR) is 92.3 cm³/mol. The van der Waals surface area contributed by atoms with Gasteiger partial charge in [0, 0.05) is 24.3 Å². The lowest BCUT2D eigenvalue weighted by atomic mass is 10.0. The van der Waals surface area contributed by atoms with Crippen LogP contribution in [0.4, 0.5) is 5.69 Å². The van der Waals surface area contributed by atoms with Crippen LogP contribution in [0.25, 0.3) is 0 Å². The molecular formula is C17H26N2OS. The van der Waals surface area contributed by atoms with Crippen LogP contribution in [0.15, 0.2) is 18.2 Å². The summed E-state index contributed by atoms with van der Waals surface area (Å²) in [5.74, 6) is 3.18. The van der Waals surface area contributed by atoms with Crippen molar-refractivity contribution < 1.29 is 4.79 Å². The predicted octanol–water partition coefficient (Wildman–Crippen LogP) is 3.69. The van der Waals surface area contributed by atoms with Gasteiger partial charge in [-0.3, -0.25) is 4.79 Å². The highest BCUT2D eigenvalue weighted by Crippen LogP contribution is 2.22. The molecule has 0 atom stereocenters. The minimum Gasteiger partial charge on any atom is -0.385 e. The Morgan fingerprint density at radius 1 is 1.33 bits per heavy atom. The van der Waals surface area contributed by atoms with Gasteiger partial charge in [0.15, 0.2) is 0 Å². The minimum atomic E-state index is 0.0627. The van der Waals surface area contributed by atoms with Crippen molar-refractivity contribution in [1.29, 1.82) is 0 Å². The van der Waals surface area contributed by atoms with E-state index in [1.54, 1.807) is 0 Å². The smallest absolute Gasteiger partial charge is 0.251 e. The van der Waals surface area contributed by atoms with Gasteiger partial charge in [-0.1, -0.05) is 6.92 Å². The molecule has 1 heterocycles. The van der Waals surface area contributed by atoms with E-state index in [4.69, 9.17) is 0 Å². The number of anilines is 1. The van der Waals surface area contributed by atoms with E-state index in [0.717, 1.165) is 36.3 Å². The highest BCUT2D eigenvalue weighted by atomic mass is 32.2. The highest BCUT2D eigenvalue weighted by Gasteiger charge is 2.16. The highest BCUT2D eigenvalue weighted by molar-refractivity contribution is 7.99. The van der Waals surface area contributed by atoms with Gasteiger partial charge in [0.2, 0.25) is 0 Å². The van der Waals surface area contributed by atoms with Crippen LogP contribution in [0.3, 0.4) is 0 Å². The second-order valence-electron chi connectivity index (χ2n) is 5.72. The van der Waals surface area contributed by atoms with Crippen molar-refractivity contribution in [1.82, 2.24) is 5.32 Å². The van der Waals surface area contributed by atoms with E-state index in [0.29, 0.717) is 5.92 Å². The van der Waals surface area contributed by atoms with Crippen molar-refractivity contribution in [3.8, 4) is 0 Å². The van der Waals surface area contributed by atoms with Gasteiger partial charge in [-0.2, -0.15) is 11.8 Å². The van der Waals surface area contributed by atoms with Crippen LogP contribution in [-0.2, 0) is 0 Å². The fourth-order valence-corrected chi connectivity index (χ4v) is 3.78. The van der Waals surface area contributed by atoms with E-state index in [9.17, 15) is 4.79 Å². The van der Waals surface area contributed by atoms with Gasteiger partial charge in [-0.25, -0.2) is 0 Å². The third-order valence-corrected chi connectivity index (χ3v) is 4.99. The fraction of sp³-hybridized carbons (Fsp3) is 0.588. The van der Waals surface area contributed by atoms with Gasteiger partial charge in [-0.15, -0.1) is 0 Å². The SMILES string of the molecule is CCCNc1ccc(C(=O)NCC2CCSCC2)c(C)c1. The lowest BCUT2D eigenvalue weighted by Gasteiger charge is -2.21. The summed E-state index contributed by atoms with van der Waals surface area (Å²) >= 11 is 2.02. The molecule has 2 N–H and O–H groups in total. The second-order valence-corrected chi connectivity index (χ2v) is 6.95. The number of benzene rings is 1. The van der Waals surface area contributed by atoms with Gasteiger partial charge in [0.1, 0.15) is 0 Å². The number of hydrogen-bond acceptors (Lipinski definition) is 3. The summed E-state index contributed by atoms with van der Waals surface area (Å²) in [5, 5.41) is 6.45. The molecule has 0 aromatic heterocycles. The van der Waals surface area contributed by atoms with Crippen molar-refractivity contribution in [2.45, 2.75) is 33.1 Å². The molecule has 1 aromatic rings. The molecule has 1 amide bonds. The normalized spacial score (nSPS) is 15.7. The maximum absolute atomic E-state index is 12.3. The first kappa shape index (κ1) is 16.2. The Balaban J connectivity index is 1.89. The van der Waals surface area contributed by atoms with E-state index in [1.165, 1.54) is 24.3 Å². The maximum atomic E-state index is 12.3. The van der Waals surface area contributed by atoms with Crippen molar-refractivity contribution in [2.75, 3.05) is 29.9 Å². The van der Waals surface area contributed by atoms with Gasteiger partial charge in [0.25, 0.3) is 5.91 Å². The summed E-state index contributed by atoms with van der Waals surface area (Å²) < 4.78 is 0. The third kappa shape index (κ3) is 4.95. The topological polar surface area (TPSA) is 41.1 Å². The quantitative estimate of drug-likeness (QED) is 0.842. The number of aryl methyl sites for hydroxylation is 1. The standard InChI is InChI=1S/C17H26N2OS/c1-3-8-18-15-4-5-16(13(2)11-15)17(20)19-12-14-6-9-21-10-7-14/h4-5,11,14,18H,3,6-10,12H2,1-2H3,(H,19,20). The Morgan fingerprint density at radius 3 is 2.76 bits per heavy atom. The lowest BCUT2D eigenvalue weighted by Crippen LogP contribution is -2.31.